The zero-order valence-corrected chi connectivity index (χ0v) is 11.6. The van der Waals surface area contributed by atoms with E-state index in [1.807, 2.05) is 25.2 Å². The van der Waals surface area contributed by atoms with Crippen molar-refractivity contribution in [1.82, 2.24) is 5.32 Å². The van der Waals surface area contributed by atoms with E-state index in [-0.39, 0.29) is 0 Å². The minimum absolute atomic E-state index is 0.756. The van der Waals surface area contributed by atoms with Gasteiger partial charge in [0.1, 0.15) is 0 Å². The monoisotopic (exact) mass is 263 g/mol. The molecule has 2 aromatic rings. The first-order chi connectivity index (χ1) is 8.78. The van der Waals surface area contributed by atoms with Crippen molar-refractivity contribution in [1.29, 1.82) is 0 Å². The first kappa shape index (κ1) is 12.9. The van der Waals surface area contributed by atoms with Gasteiger partial charge in [0.05, 0.1) is 14.2 Å². The lowest BCUT2D eigenvalue weighted by Gasteiger charge is -2.08. The van der Waals surface area contributed by atoms with Crippen LogP contribution < -0.4 is 14.8 Å². The van der Waals surface area contributed by atoms with E-state index in [1.165, 1.54) is 10.4 Å². The van der Waals surface area contributed by atoms with Crippen molar-refractivity contribution >= 4 is 11.3 Å². The normalized spacial score (nSPS) is 10.4. The highest BCUT2D eigenvalue weighted by atomic mass is 32.1. The summed E-state index contributed by atoms with van der Waals surface area (Å²) in [5, 5.41) is 5.32. The molecular weight excluding hydrogens is 246 g/mol. The standard InChI is InChI=1S/C14H17NO2S/c1-15-8-12-6-11(9-18-12)10-4-5-13(16-2)14(7-10)17-3/h4-7,9,15H,8H2,1-3H3. The Morgan fingerprint density at radius 2 is 1.83 bits per heavy atom. The maximum Gasteiger partial charge on any atom is 0.161 e. The Morgan fingerprint density at radius 3 is 2.50 bits per heavy atom. The van der Waals surface area contributed by atoms with Crippen LogP contribution in [0.25, 0.3) is 11.1 Å². The zero-order chi connectivity index (χ0) is 13.0. The van der Waals surface area contributed by atoms with E-state index in [0.29, 0.717) is 0 Å². The number of hydrogen-bond donors (Lipinski definition) is 1. The van der Waals surface area contributed by atoms with Gasteiger partial charge in [0.2, 0.25) is 0 Å². The highest BCUT2D eigenvalue weighted by Gasteiger charge is 2.07. The van der Waals surface area contributed by atoms with Crippen molar-refractivity contribution in [2.24, 2.45) is 0 Å². The molecule has 0 radical (unpaired) electrons. The second-order valence-corrected chi connectivity index (χ2v) is 4.90. The van der Waals surface area contributed by atoms with Crippen LogP contribution in [0.15, 0.2) is 29.6 Å². The minimum atomic E-state index is 0.756. The van der Waals surface area contributed by atoms with Gasteiger partial charge >= 0.3 is 0 Å². The molecule has 1 heterocycles. The first-order valence-corrected chi connectivity index (χ1v) is 6.61. The molecule has 4 heteroatoms. The molecule has 3 nitrogen and oxygen atoms in total. The third kappa shape index (κ3) is 2.66. The van der Waals surface area contributed by atoms with E-state index in [2.05, 4.69) is 16.8 Å². The van der Waals surface area contributed by atoms with Gasteiger partial charge in [-0.2, -0.15) is 0 Å². The third-order valence-electron chi connectivity index (χ3n) is 2.72. The second-order valence-electron chi connectivity index (χ2n) is 3.90. The minimum Gasteiger partial charge on any atom is -0.493 e. The summed E-state index contributed by atoms with van der Waals surface area (Å²) in [4.78, 5) is 1.32. The van der Waals surface area contributed by atoms with Crippen molar-refractivity contribution in [3.05, 3.63) is 34.5 Å². The maximum absolute atomic E-state index is 5.32. The molecule has 0 aliphatic heterocycles. The quantitative estimate of drug-likeness (QED) is 0.899. The van der Waals surface area contributed by atoms with E-state index in [0.717, 1.165) is 23.6 Å². The van der Waals surface area contributed by atoms with Crippen molar-refractivity contribution in [3.8, 4) is 22.6 Å². The SMILES string of the molecule is CNCc1cc(-c2ccc(OC)c(OC)c2)cs1. The predicted octanol–water partition coefficient (Wildman–Crippen LogP) is 3.15. The molecule has 0 aliphatic carbocycles. The Bertz CT molecular complexity index is 522. The summed E-state index contributed by atoms with van der Waals surface area (Å²) in [6.45, 7) is 0.901. The van der Waals surface area contributed by atoms with Crippen LogP contribution in [0.2, 0.25) is 0 Å². The van der Waals surface area contributed by atoms with Gasteiger partial charge in [0, 0.05) is 11.4 Å². The predicted molar refractivity (Wildman–Crippen MR) is 75.6 cm³/mol. The molecule has 0 saturated heterocycles. The van der Waals surface area contributed by atoms with Crippen LogP contribution in [0.5, 0.6) is 11.5 Å². The molecule has 18 heavy (non-hydrogen) atoms. The molecule has 1 aromatic heterocycles. The number of hydrogen-bond acceptors (Lipinski definition) is 4. The van der Waals surface area contributed by atoms with Crippen LogP contribution in [0, 0.1) is 0 Å². The summed E-state index contributed by atoms with van der Waals surface area (Å²) in [6, 6.07) is 8.18. The number of rotatable bonds is 5. The van der Waals surface area contributed by atoms with Gasteiger partial charge in [-0.25, -0.2) is 0 Å². The summed E-state index contributed by atoms with van der Waals surface area (Å²) >= 11 is 1.76. The van der Waals surface area contributed by atoms with Gasteiger partial charge in [0.25, 0.3) is 0 Å². The smallest absolute Gasteiger partial charge is 0.161 e. The summed E-state index contributed by atoms with van der Waals surface area (Å²) in [7, 11) is 5.25. The van der Waals surface area contributed by atoms with Crippen molar-refractivity contribution in [3.63, 3.8) is 0 Å². The molecule has 0 aliphatic rings. The summed E-state index contributed by atoms with van der Waals surface area (Å²) in [5.41, 5.74) is 2.36. The Balaban J connectivity index is 2.31. The molecule has 0 unspecified atom stereocenters. The molecule has 0 fully saturated rings. The Labute approximate surface area is 111 Å². The van der Waals surface area contributed by atoms with E-state index in [4.69, 9.17) is 9.47 Å². The highest BCUT2D eigenvalue weighted by Crippen LogP contribution is 2.33. The van der Waals surface area contributed by atoms with E-state index in [1.54, 1.807) is 25.6 Å². The van der Waals surface area contributed by atoms with Gasteiger partial charge in [-0.15, -0.1) is 11.3 Å². The van der Waals surface area contributed by atoms with Crippen molar-refractivity contribution in [2.45, 2.75) is 6.54 Å². The topological polar surface area (TPSA) is 30.5 Å². The molecule has 0 bridgehead atoms. The summed E-state index contributed by atoms with van der Waals surface area (Å²) < 4.78 is 10.6. The van der Waals surface area contributed by atoms with Crippen LogP contribution in [0.3, 0.4) is 0 Å². The highest BCUT2D eigenvalue weighted by molar-refractivity contribution is 7.10. The van der Waals surface area contributed by atoms with Crippen LogP contribution in [-0.4, -0.2) is 21.3 Å². The summed E-state index contributed by atoms with van der Waals surface area (Å²) in [5.74, 6) is 1.52. The van der Waals surface area contributed by atoms with Gasteiger partial charge in [-0.1, -0.05) is 6.07 Å². The molecule has 0 atom stereocenters. The largest absolute Gasteiger partial charge is 0.493 e. The van der Waals surface area contributed by atoms with E-state index in [9.17, 15) is 0 Å². The average Bonchev–Trinajstić information content (AvgIpc) is 2.87. The lowest BCUT2D eigenvalue weighted by Crippen LogP contribution is -2.02. The average molecular weight is 263 g/mol. The fraction of sp³-hybridized carbons (Fsp3) is 0.286. The number of nitrogens with one attached hydrogen (secondary N) is 1. The van der Waals surface area contributed by atoms with E-state index < -0.39 is 0 Å². The van der Waals surface area contributed by atoms with Crippen LogP contribution in [-0.2, 0) is 6.54 Å². The number of thiophene rings is 1. The Morgan fingerprint density at radius 1 is 1.06 bits per heavy atom. The molecule has 1 aromatic carbocycles. The first-order valence-electron chi connectivity index (χ1n) is 5.73. The van der Waals surface area contributed by atoms with Crippen LogP contribution in [0.1, 0.15) is 4.88 Å². The van der Waals surface area contributed by atoms with E-state index >= 15 is 0 Å². The lowest BCUT2D eigenvalue weighted by molar-refractivity contribution is 0.355. The van der Waals surface area contributed by atoms with Gasteiger partial charge in [-0.3, -0.25) is 0 Å². The molecule has 0 spiro atoms. The molecule has 0 saturated carbocycles. The van der Waals surface area contributed by atoms with Crippen LogP contribution >= 0.6 is 11.3 Å². The lowest BCUT2D eigenvalue weighted by atomic mass is 10.1. The molecule has 1 N–H and O–H groups in total. The van der Waals surface area contributed by atoms with Crippen molar-refractivity contribution in [2.75, 3.05) is 21.3 Å². The number of methoxy groups -OCH3 is 2. The molecule has 0 amide bonds. The van der Waals surface area contributed by atoms with Crippen LogP contribution in [0.4, 0.5) is 0 Å². The fourth-order valence-corrected chi connectivity index (χ4v) is 2.72. The second kappa shape index (κ2) is 5.89. The Kier molecular flexibility index (Phi) is 4.23. The van der Waals surface area contributed by atoms with Gasteiger partial charge in [-0.05, 0) is 41.8 Å². The van der Waals surface area contributed by atoms with Gasteiger partial charge < -0.3 is 14.8 Å². The molecule has 96 valence electrons. The zero-order valence-electron chi connectivity index (χ0n) is 10.8. The molecular formula is C14H17NO2S. The number of benzene rings is 1. The Hall–Kier alpha value is -1.52. The fourth-order valence-electron chi connectivity index (χ4n) is 1.81. The summed E-state index contributed by atoms with van der Waals surface area (Å²) in [6.07, 6.45) is 0. The molecule has 2 rings (SSSR count). The third-order valence-corrected chi connectivity index (χ3v) is 3.66. The van der Waals surface area contributed by atoms with Gasteiger partial charge in [0.15, 0.2) is 11.5 Å². The number of ether oxygens (including phenoxy) is 2. The van der Waals surface area contributed by atoms with Crippen molar-refractivity contribution < 1.29 is 9.47 Å². The maximum atomic E-state index is 5.32.